The largest absolute Gasteiger partial charge is 0.348 e. The molecule has 2 atom stereocenters. The van der Waals surface area contributed by atoms with Gasteiger partial charge in [-0.15, -0.1) is 0 Å². The van der Waals surface area contributed by atoms with Crippen molar-refractivity contribution in [3.63, 3.8) is 0 Å². The number of pyridine rings is 1. The number of hydrogen-bond acceptors (Lipinski definition) is 4. The van der Waals surface area contributed by atoms with Crippen molar-refractivity contribution in [2.45, 2.75) is 50.4 Å². The average Bonchev–Trinajstić information content (AvgIpc) is 3.07. The maximum Gasteiger partial charge on any atom is 0.268 e. The van der Waals surface area contributed by atoms with Gasteiger partial charge in [0.15, 0.2) is 0 Å². The second-order valence-electron chi connectivity index (χ2n) is 7.21. The van der Waals surface area contributed by atoms with Gasteiger partial charge in [-0.05, 0) is 44.1 Å². The van der Waals surface area contributed by atoms with Gasteiger partial charge in [0.05, 0.1) is 12.6 Å². The molecule has 4 N–H and O–H groups in total. The lowest BCUT2D eigenvalue weighted by molar-refractivity contribution is -0.133. The number of aromatic nitrogens is 1. The number of rotatable bonds is 4. The van der Waals surface area contributed by atoms with Crippen LogP contribution in [0.5, 0.6) is 0 Å². The Hall–Kier alpha value is -2.22. The van der Waals surface area contributed by atoms with Crippen LogP contribution in [0.1, 0.15) is 42.6 Å². The lowest BCUT2D eigenvalue weighted by Gasteiger charge is -2.33. The molecule has 1 aromatic heterocycles. The van der Waals surface area contributed by atoms with E-state index in [1.54, 1.807) is 6.07 Å². The summed E-state index contributed by atoms with van der Waals surface area (Å²) < 4.78 is 13.3. The maximum absolute atomic E-state index is 13.3. The SMILES string of the molecule is N[C@H](C(=O)N1CC[C@@H](F)C1)C1CCC(NC(=O)c2cccc(=O)[nH]2)CC1. The molecule has 0 spiro atoms. The van der Waals surface area contributed by atoms with Crippen LogP contribution in [0.15, 0.2) is 23.0 Å². The molecule has 26 heavy (non-hydrogen) atoms. The summed E-state index contributed by atoms with van der Waals surface area (Å²) >= 11 is 0. The molecule has 8 heteroatoms. The highest BCUT2D eigenvalue weighted by molar-refractivity contribution is 5.92. The quantitative estimate of drug-likeness (QED) is 0.725. The third-order valence-corrected chi connectivity index (χ3v) is 5.36. The number of nitrogens with two attached hydrogens (primary N) is 1. The van der Waals surface area contributed by atoms with Gasteiger partial charge in [0.1, 0.15) is 11.9 Å². The molecule has 1 aromatic rings. The van der Waals surface area contributed by atoms with Crippen molar-refractivity contribution >= 4 is 11.8 Å². The number of nitrogens with zero attached hydrogens (tertiary/aromatic N) is 1. The Kier molecular flexibility index (Phi) is 5.70. The van der Waals surface area contributed by atoms with Gasteiger partial charge < -0.3 is 20.9 Å². The van der Waals surface area contributed by atoms with Crippen LogP contribution >= 0.6 is 0 Å². The van der Waals surface area contributed by atoms with Crippen LogP contribution in [0.4, 0.5) is 4.39 Å². The van der Waals surface area contributed by atoms with Crippen molar-refractivity contribution in [2.24, 2.45) is 11.7 Å². The number of halogens is 1. The van der Waals surface area contributed by atoms with E-state index in [1.807, 2.05) is 0 Å². The Labute approximate surface area is 151 Å². The number of aromatic amines is 1. The fourth-order valence-electron chi connectivity index (χ4n) is 3.80. The Morgan fingerprint density at radius 1 is 1.23 bits per heavy atom. The van der Waals surface area contributed by atoms with E-state index < -0.39 is 12.2 Å². The Morgan fingerprint density at radius 2 is 1.96 bits per heavy atom. The van der Waals surface area contributed by atoms with Gasteiger partial charge in [-0.25, -0.2) is 4.39 Å². The lowest BCUT2D eigenvalue weighted by Crippen LogP contribution is -2.49. The topological polar surface area (TPSA) is 108 Å². The molecule has 1 aliphatic heterocycles. The van der Waals surface area contributed by atoms with E-state index in [0.717, 1.165) is 25.7 Å². The fraction of sp³-hybridized carbons (Fsp3) is 0.611. The highest BCUT2D eigenvalue weighted by Gasteiger charge is 2.35. The normalized spacial score (nSPS) is 27.2. The van der Waals surface area contributed by atoms with Gasteiger partial charge in [-0.3, -0.25) is 14.4 Å². The van der Waals surface area contributed by atoms with Gasteiger partial charge in [0.25, 0.3) is 5.91 Å². The Bertz CT molecular complexity index is 714. The van der Waals surface area contributed by atoms with Gasteiger partial charge >= 0.3 is 0 Å². The molecule has 0 radical (unpaired) electrons. The monoisotopic (exact) mass is 364 g/mol. The number of carbonyl (C=O) groups excluding carboxylic acids is 2. The van der Waals surface area contributed by atoms with Crippen LogP contribution in [0.2, 0.25) is 0 Å². The first kappa shape index (κ1) is 18.6. The minimum Gasteiger partial charge on any atom is -0.348 e. The second kappa shape index (κ2) is 7.99. The first-order valence-electron chi connectivity index (χ1n) is 9.12. The summed E-state index contributed by atoms with van der Waals surface area (Å²) in [5.41, 5.74) is 6.05. The molecule has 1 saturated carbocycles. The van der Waals surface area contributed by atoms with Crippen molar-refractivity contribution < 1.29 is 14.0 Å². The van der Waals surface area contributed by atoms with E-state index in [4.69, 9.17) is 5.73 Å². The number of H-pyrrole nitrogens is 1. The molecule has 0 unspecified atom stereocenters. The van der Waals surface area contributed by atoms with Crippen LogP contribution in [0, 0.1) is 5.92 Å². The van der Waals surface area contributed by atoms with Crippen molar-refractivity contribution in [3.8, 4) is 0 Å². The summed E-state index contributed by atoms with van der Waals surface area (Å²) in [6.07, 6.45) is 2.35. The number of hydrogen-bond donors (Lipinski definition) is 3. The highest BCUT2D eigenvalue weighted by Crippen LogP contribution is 2.28. The fourth-order valence-corrected chi connectivity index (χ4v) is 3.80. The molecule has 142 valence electrons. The molecular weight excluding hydrogens is 339 g/mol. The van der Waals surface area contributed by atoms with Gasteiger partial charge in [0, 0.05) is 18.7 Å². The zero-order valence-corrected chi connectivity index (χ0v) is 14.6. The van der Waals surface area contributed by atoms with Crippen molar-refractivity contribution in [1.82, 2.24) is 15.2 Å². The van der Waals surface area contributed by atoms with E-state index in [2.05, 4.69) is 10.3 Å². The minimum atomic E-state index is -0.943. The second-order valence-corrected chi connectivity index (χ2v) is 7.21. The first-order valence-corrected chi connectivity index (χ1v) is 9.12. The van der Waals surface area contributed by atoms with Crippen molar-refractivity contribution in [3.05, 3.63) is 34.2 Å². The molecule has 0 bridgehead atoms. The van der Waals surface area contributed by atoms with Crippen LogP contribution in [0.25, 0.3) is 0 Å². The van der Waals surface area contributed by atoms with E-state index >= 15 is 0 Å². The summed E-state index contributed by atoms with van der Waals surface area (Å²) in [6, 6.07) is 3.83. The van der Waals surface area contributed by atoms with Crippen LogP contribution in [-0.2, 0) is 4.79 Å². The van der Waals surface area contributed by atoms with Crippen LogP contribution < -0.4 is 16.6 Å². The Balaban J connectivity index is 1.48. The molecule has 2 amide bonds. The molecule has 7 nitrogen and oxygen atoms in total. The summed E-state index contributed by atoms with van der Waals surface area (Å²) in [5.74, 6) is -0.428. The molecular formula is C18H25FN4O3. The minimum absolute atomic E-state index is 0.00762. The Morgan fingerprint density at radius 3 is 2.58 bits per heavy atom. The van der Waals surface area contributed by atoms with E-state index in [0.29, 0.717) is 13.0 Å². The van der Waals surface area contributed by atoms with Gasteiger partial charge in [-0.2, -0.15) is 0 Å². The predicted molar refractivity (Wildman–Crippen MR) is 94.3 cm³/mol. The maximum atomic E-state index is 13.3. The molecule has 2 aliphatic rings. The van der Waals surface area contributed by atoms with Crippen LogP contribution in [-0.4, -0.2) is 53.0 Å². The molecule has 0 aromatic carbocycles. The average molecular weight is 364 g/mol. The molecule has 1 saturated heterocycles. The number of likely N-dealkylation sites (tertiary alicyclic amines) is 1. The van der Waals surface area contributed by atoms with Gasteiger partial charge in [0.2, 0.25) is 11.5 Å². The number of alkyl halides is 1. The summed E-state index contributed by atoms with van der Waals surface area (Å²) in [5, 5.41) is 2.92. The third kappa shape index (κ3) is 4.30. The van der Waals surface area contributed by atoms with E-state index in [9.17, 15) is 18.8 Å². The molecule has 2 heterocycles. The van der Waals surface area contributed by atoms with Crippen molar-refractivity contribution in [2.75, 3.05) is 13.1 Å². The number of amides is 2. The zero-order valence-electron chi connectivity index (χ0n) is 14.6. The van der Waals surface area contributed by atoms with Crippen molar-refractivity contribution in [1.29, 1.82) is 0 Å². The third-order valence-electron chi connectivity index (χ3n) is 5.36. The lowest BCUT2D eigenvalue weighted by atomic mass is 9.81. The predicted octanol–water partition coefficient (Wildman–Crippen LogP) is 0.561. The smallest absolute Gasteiger partial charge is 0.268 e. The first-order chi connectivity index (χ1) is 12.4. The highest BCUT2D eigenvalue weighted by atomic mass is 19.1. The standard InChI is InChI=1S/C18H25FN4O3/c19-12-8-9-23(10-12)18(26)16(20)11-4-6-13(7-5-11)21-17(25)14-2-1-3-15(24)22-14/h1-3,11-13,16H,4-10,20H2,(H,21,25)(H,22,24)/t11?,12-,13?,16+/m1/s1. The molecule has 3 rings (SSSR count). The molecule has 1 aliphatic carbocycles. The van der Waals surface area contributed by atoms with Crippen LogP contribution in [0.3, 0.4) is 0 Å². The van der Waals surface area contributed by atoms with Gasteiger partial charge in [-0.1, -0.05) is 6.07 Å². The van der Waals surface area contributed by atoms with E-state index in [-0.39, 0.29) is 41.6 Å². The summed E-state index contributed by atoms with van der Waals surface area (Å²) in [6.45, 7) is 0.585. The zero-order chi connectivity index (χ0) is 18.7. The number of nitrogens with one attached hydrogen (secondary N) is 2. The number of carbonyl (C=O) groups is 2. The summed E-state index contributed by atoms with van der Waals surface area (Å²) in [7, 11) is 0. The molecule has 2 fully saturated rings. The summed E-state index contributed by atoms with van der Waals surface area (Å²) in [4.78, 5) is 39.9. The van der Waals surface area contributed by atoms with E-state index in [1.165, 1.54) is 17.0 Å².